The van der Waals surface area contributed by atoms with Crippen LogP contribution in [-0.4, -0.2) is 12.0 Å². The second-order valence-electron chi connectivity index (χ2n) is 5.71. The summed E-state index contributed by atoms with van der Waals surface area (Å²) in [5.74, 6) is -0.722. The standard InChI is InChI=1S/C18H19FN2O2/c19-15-11-13(9-10-16(15)23-14-7-4-8-14)21-17(18(20)22)12-5-2-1-3-6-12/h1-3,5-6,9-11,14,17,21H,4,7-8H2,(H2,20,22)/t17-/m0/s1. The highest BCUT2D eigenvalue weighted by molar-refractivity contribution is 5.84. The van der Waals surface area contributed by atoms with E-state index in [0.717, 1.165) is 24.8 Å². The maximum absolute atomic E-state index is 14.1. The van der Waals surface area contributed by atoms with Crippen LogP contribution in [0.25, 0.3) is 0 Å². The minimum atomic E-state index is -0.714. The van der Waals surface area contributed by atoms with E-state index in [2.05, 4.69) is 5.32 Å². The summed E-state index contributed by atoms with van der Waals surface area (Å²) in [6.07, 6.45) is 3.18. The van der Waals surface area contributed by atoms with Gasteiger partial charge in [-0.05, 0) is 37.0 Å². The Morgan fingerprint density at radius 2 is 1.96 bits per heavy atom. The molecule has 0 spiro atoms. The normalized spacial score (nSPS) is 15.5. The molecule has 4 nitrogen and oxygen atoms in total. The summed E-state index contributed by atoms with van der Waals surface area (Å²) in [6.45, 7) is 0. The first-order valence-corrected chi connectivity index (χ1v) is 7.70. The third-order valence-electron chi connectivity index (χ3n) is 4.01. The summed E-state index contributed by atoms with van der Waals surface area (Å²) in [5, 5.41) is 2.97. The number of nitrogens with two attached hydrogens (primary N) is 1. The maximum Gasteiger partial charge on any atom is 0.244 e. The number of rotatable bonds is 6. The number of anilines is 1. The van der Waals surface area contributed by atoms with Crippen molar-refractivity contribution in [1.82, 2.24) is 0 Å². The van der Waals surface area contributed by atoms with Crippen molar-refractivity contribution in [3.05, 3.63) is 59.9 Å². The number of carbonyl (C=O) groups excluding carboxylic acids is 1. The van der Waals surface area contributed by atoms with Crippen LogP contribution in [0, 0.1) is 5.82 Å². The fourth-order valence-electron chi connectivity index (χ4n) is 2.49. The Hall–Kier alpha value is -2.56. The molecule has 1 saturated carbocycles. The highest BCUT2D eigenvalue weighted by Gasteiger charge is 2.21. The van der Waals surface area contributed by atoms with Gasteiger partial charge in [0.25, 0.3) is 0 Å². The maximum atomic E-state index is 14.1. The van der Waals surface area contributed by atoms with Crippen molar-refractivity contribution >= 4 is 11.6 Å². The fourth-order valence-corrected chi connectivity index (χ4v) is 2.49. The number of hydrogen-bond donors (Lipinski definition) is 2. The Labute approximate surface area is 134 Å². The predicted octanol–water partition coefficient (Wildman–Crippen LogP) is 3.40. The summed E-state index contributed by atoms with van der Waals surface area (Å²) in [5.41, 5.74) is 6.67. The Kier molecular flexibility index (Phi) is 4.46. The van der Waals surface area contributed by atoms with Gasteiger partial charge in [-0.1, -0.05) is 30.3 Å². The minimum absolute atomic E-state index is 0.117. The lowest BCUT2D eigenvalue weighted by atomic mass is 9.96. The van der Waals surface area contributed by atoms with Gasteiger partial charge in [0.1, 0.15) is 6.04 Å². The molecule has 1 atom stereocenters. The molecule has 3 N–H and O–H groups in total. The second kappa shape index (κ2) is 6.69. The van der Waals surface area contributed by atoms with E-state index in [1.807, 2.05) is 18.2 Å². The summed E-state index contributed by atoms with van der Waals surface area (Å²) >= 11 is 0. The molecule has 1 amide bonds. The molecule has 0 aromatic heterocycles. The lowest BCUT2D eigenvalue weighted by Crippen LogP contribution is -2.27. The number of ether oxygens (including phenoxy) is 1. The summed E-state index contributed by atoms with van der Waals surface area (Å²) in [6, 6.07) is 13.0. The third kappa shape index (κ3) is 3.62. The van der Waals surface area contributed by atoms with Gasteiger partial charge in [-0.3, -0.25) is 4.79 Å². The molecule has 0 saturated heterocycles. The third-order valence-corrected chi connectivity index (χ3v) is 4.01. The number of amides is 1. The Balaban J connectivity index is 1.75. The van der Waals surface area contributed by atoms with Crippen LogP contribution in [0.5, 0.6) is 5.75 Å². The topological polar surface area (TPSA) is 64.4 Å². The van der Waals surface area contributed by atoms with Crippen molar-refractivity contribution in [1.29, 1.82) is 0 Å². The molecular formula is C18H19FN2O2. The van der Waals surface area contributed by atoms with Crippen molar-refractivity contribution in [2.24, 2.45) is 5.73 Å². The van der Waals surface area contributed by atoms with Gasteiger partial charge < -0.3 is 15.8 Å². The van der Waals surface area contributed by atoms with Crippen LogP contribution in [-0.2, 0) is 4.79 Å². The van der Waals surface area contributed by atoms with Crippen LogP contribution >= 0.6 is 0 Å². The van der Waals surface area contributed by atoms with Crippen LogP contribution in [0.2, 0.25) is 0 Å². The molecule has 5 heteroatoms. The molecule has 0 unspecified atom stereocenters. The second-order valence-corrected chi connectivity index (χ2v) is 5.71. The molecule has 0 bridgehead atoms. The van der Waals surface area contributed by atoms with Gasteiger partial charge in [-0.15, -0.1) is 0 Å². The molecular weight excluding hydrogens is 295 g/mol. The number of hydrogen-bond acceptors (Lipinski definition) is 3. The monoisotopic (exact) mass is 314 g/mol. The molecule has 120 valence electrons. The molecule has 2 aromatic rings. The number of carbonyl (C=O) groups is 1. The predicted molar refractivity (Wildman–Crippen MR) is 86.7 cm³/mol. The average molecular weight is 314 g/mol. The van der Waals surface area contributed by atoms with E-state index in [-0.39, 0.29) is 11.9 Å². The van der Waals surface area contributed by atoms with Gasteiger partial charge in [0, 0.05) is 11.8 Å². The van der Waals surface area contributed by atoms with Crippen molar-refractivity contribution in [2.75, 3.05) is 5.32 Å². The summed E-state index contributed by atoms with van der Waals surface area (Å²) in [4.78, 5) is 11.7. The minimum Gasteiger partial charge on any atom is -0.487 e. The average Bonchev–Trinajstić information content (AvgIpc) is 2.50. The smallest absolute Gasteiger partial charge is 0.244 e. The number of halogens is 1. The first kappa shape index (κ1) is 15.3. The van der Waals surface area contributed by atoms with Crippen molar-refractivity contribution in [2.45, 2.75) is 31.4 Å². The van der Waals surface area contributed by atoms with E-state index in [0.29, 0.717) is 5.69 Å². The molecule has 3 rings (SSSR count). The molecule has 1 fully saturated rings. The zero-order chi connectivity index (χ0) is 16.2. The van der Waals surface area contributed by atoms with Crippen molar-refractivity contribution in [3.8, 4) is 5.75 Å². The molecule has 0 radical (unpaired) electrons. The van der Waals surface area contributed by atoms with Crippen molar-refractivity contribution in [3.63, 3.8) is 0 Å². The zero-order valence-corrected chi connectivity index (χ0v) is 12.7. The zero-order valence-electron chi connectivity index (χ0n) is 12.7. The Morgan fingerprint density at radius 3 is 2.52 bits per heavy atom. The first-order chi connectivity index (χ1) is 11.1. The summed E-state index contributed by atoms with van der Waals surface area (Å²) in [7, 11) is 0. The molecule has 0 heterocycles. The quantitative estimate of drug-likeness (QED) is 0.859. The van der Waals surface area contributed by atoms with Crippen LogP contribution in [0.15, 0.2) is 48.5 Å². The van der Waals surface area contributed by atoms with Crippen LogP contribution in [0.1, 0.15) is 30.9 Å². The van der Waals surface area contributed by atoms with Crippen molar-refractivity contribution < 1.29 is 13.9 Å². The van der Waals surface area contributed by atoms with E-state index in [1.54, 1.807) is 24.3 Å². The fraction of sp³-hybridized carbons (Fsp3) is 0.278. The van der Waals surface area contributed by atoms with E-state index in [1.165, 1.54) is 6.07 Å². The molecule has 23 heavy (non-hydrogen) atoms. The van der Waals surface area contributed by atoms with Gasteiger partial charge in [-0.25, -0.2) is 4.39 Å². The molecule has 2 aromatic carbocycles. The largest absolute Gasteiger partial charge is 0.487 e. The first-order valence-electron chi connectivity index (χ1n) is 7.70. The van der Waals surface area contributed by atoms with Gasteiger partial charge in [0.2, 0.25) is 5.91 Å². The van der Waals surface area contributed by atoms with E-state index < -0.39 is 17.8 Å². The van der Waals surface area contributed by atoms with E-state index >= 15 is 0 Å². The van der Waals surface area contributed by atoms with Crippen LogP contribution in [0.3, 0.4) is 0 Å². The SMILES string of the molecule is NC(=O)[C@@H](Nc1ccc(OC2CCC2)c(F)c1)c1ccccc1. The van der Waals surface area contributed by atoms with Gasteiger partial charge in [0.05, 0.1) is 6.10 Å². The molecule has 1 aliphatic carbocycles. The Morgan fingerprint density at radius 1 is 1.22 bits per heavy atom. The lowest BCUT2D eigenvalue weighted by Gasteiger charge is -2.26. The van der Waals surface area contributed by atoms with Gasteiger partial charge >= 0.3 is 0 Å². The highest BCUT2D eigenvalue weighted by atomic mass is 19.1. The molecule has 0 aliphatic heterocycles. The lowest BCUT2D eigenvalue weighted by molar-refractivity contribution is -0.118. The molecule has 1 aliphatic rings. The number of benzene rings is 2. The van der Waals surface area contributed by atoms with Crippen LogP contribution in [0.4, 0.5) is 10.1 Å². The number of primary amides is 1. The highest BCUT2D eigenvalue weighted by Crippen LogP contribution is 2.29. The van der Waals surface area contributed by atoms with Gasteiger partial charge in [0.15, 0.2) is 11.6 Å². The Bertz CT molecular complexity index is 687. The number of nitrogens with one attached hydrogen (secondary N) is 1. The van der Waals surface area contributed by atoms with E-state index in [9.17, 15) is 9.18 Å². The van der Waals surface area contributed by atoms with E-state index in [4.69, 9.17) is 10.5 Å². The van der Waals surface area contributed by atoms with Gasteiger partial charge in [-0.2, -0.15) is 0 Å². The summed E-state index contributed by atoms with van der Waals surface area (Å²) < 4.78 is 19.7. The van der Waals surface area contributed by atoms with Crippen LogP contribution < -0.4 is 15.8 Å².